The number of aliphatic hydroxyl groups excluding tert-OH is 1. The highest BCUT2D eigenvalue weighted by Crippen LogP contribution is 2.39. The van der Waals surface area contributed by atoms with Crippen molar-refractivity contribution in [1.29, 1.82) is 0 Å². The van der Waals surface area contributed by atoms with Crippen LogP contribution in [-0.2, 0) is 11.3 Å². The number of halogens is 2. The Morgan fingerprint density at radius 2 is 1.89 bits per heavy atom. The molecule has 144 valence electrons. The third-order valence-corrected chi connectivity index (χ3v) is 5.37. The van der Waals surface area contributed by atoms with Crippen LogP contribution in [-0.4, -0.2) is 42.4 Å². The number of aliphatic hydroxyl groups is 1. The van der Waals surface area contributed by atoms with Crippen LogP contribution in [0, 0.1) is 11.6 Å². The lowest BCUT2D eigenvalue weighted by Crippen LogP contribution is -2.39. The summed E-state index contributed by atoms with van der Waals surface area (Å²) < 4.78 is 37.0. The molecule has 0 aromatic heterocycles. The summed E-state index contributed by atoms with van der Waals surface area (Å²) in [5, 5.41) is 10.5. The van der Waals surface area contributed by atoms with Gasteiger partial charge in [-0.15, -0.1) is 11.8 Å². The summed E-state index contributed by atoms with van der Waals surface area (Å²) in [6, 6.07) is 6.96. The fraction of sp³-hybridized carbons (Fsp3) is 0.316. The average molecular weight is 395 g/mol. The van der Waals surface area contributed by atoms with Gasteiger partial charge in [0.2, 0.25) is 5.91 Å². The molecule has 1 amide bonds. The monoisotopic (exact) mass is 395 g/mol. The Bertz CT molecular complexity index is 862. The minimum Gasteiger partial charge on any atom is -0.496 e. The van der Waals surface area contributed by atoms with Crippen LogP contribution in [0.1, 0.15) is 17.2 Å². The van der Waals surface area contributed by atoms with Crippen molar-refractivity contribution in [3.8, 4) is 11.5 Å². The quantitative estimate of drug-likeness (QED) is 0.789. The molecule has 2 aromatic rings. The molecule has 1 heterocycles. The number of β-amino-alcohol motifs (C(OH)–C–C–N with tert-alkyl or cyclic N) is 1. The lowest BCUT2D eigenvalue weighted by atomic mass is 9.95. The third-order valence-electron chi connectivity index (χ3n) is 4.40. The number of hydrogen-bond acceptors (Lipinski definition) is 5. The Kier molecular flexibility index (Phi) is 5.86. The van der Waals surface area contributed by atoms with Gasteiger partial charge in [0.1, 0.15) is 17.6 Å². The van der Waals surface area contributed by atoms with Crippen molar-refractivity contribution >= 4 is 17.7 Å². The zero-order valence-corrected chi connectivity index (χ0v) is 15.7. The van der Waals surface area contributed by atoms with E-state index >= 15 is 0 Å². The number of carbonyl (C=O) groups is 1. The number of rotatable bonds is 5. The van der Waals surface area contributed by atoms with Gasteiger partial charge in [-0.1, -0.05) is 0 Å². The molecule has 0 radical (unpaired) electrons. The highest BCUT2D eigenvalue weighted by Gasteiger charge is 2.31. The van der Waals surface area contributed by atoms with Crippen LogP contribution < -0.4 is 9.47 Å². The molecule has 0 saturated heterocycles. The highest BCUT2D eigenvalue weighted by molar-refractivity contribution is 8.00. The normalized spacial score (nSPS) is 16.0. The first-order valence-corrected chi connectivity index (χ1v) is 9.20. The predicted octanol–water partition coefficient (Wildman–Crippen LogP) is 3.15. The minimum atomic E-state index is -0.952. The molecule has 1 unspecified atom stereocenters. The van der Waals surface area contributed by atoms with Crippen molar-refractivity contribution in [1.82, 2.24) is 4.90 Å². The van der Waals surface area contributed by atoms with Crippen LogP contribution in [0.5, 0.6) is 11.5 Å². The van der Waals surface area contributed by atoms with Gasteiger partial charge in [0.15, 0.2) is 11.6 Å². The van der Waals surface area contributed by atoms with Gasteiger partial charge in [0, 0.05) is 22.6 Å². The van der Waals surface area contributed by atoms with E-state index in [-0.39, 0.29) is 24.7 Å². The van der Waals surface area contributed by atoms with E-state index in [1.807, 2.05) is 0 Å². The maximum absolute atomic E-state index is 13.3. The van der Waals surface area contributed by atoms with Gasteiger partial charge in [0.05, 0.1) is 26.5 Å². The lowest BCUT2D eigenvalue weighted by molar-refractivity contribution is -0.131. The number of fused-ring (bicyclic) bond motifs is 1. The SMILES string of the molecule is COc1ccc(OC)c2c1CN(C(=O)CSc1ccc(F)c(F)c1)CC2O. The second-order valence-corrected chi connectivity index (χ2v) is 7.07. The molecule has 1 aliphatic rings. The van der Waals surface area contributed by atoms with E-state index in [0.29, 0.717) is 27.5 Å². The van der Waals surface area contributed by atoms with Crippen LogP contribution in [0.25, 0.3) is 0 Å². The number of methoxy groups -OCH3 is 2. The first kappa shape index (κ1) is 19.4. The number of carbonyl (C=O) groups excluding carboxylic acids is 1. The number of amides is 1. The maximum Gasteiger partial charge on any atom is 0.233 e. The van der Waals surface area contributed by atoms with Gasteiger partial charge < -0.3 is 19.5 Å². The van der Waals surface area contributed by atoms with Crippen molar-refractivity contribution in [2.24, 2.45) is 0 Å². The fourth-order valence-corrected chi connectivity index (χ4v) is 3.89. The first-order chi connectivity index (χ1) is 12.9. The van der Waals surface area contributed by atoms with Crippen LogP contribution in [0.4, 0.5) is 8.78 Å². The van der Waals surface area contributed by atoms with Gasteiger partial charge in [-0.2, -0.15) is 0 Å². The molecule has 5 nitrogen and oxygen atoms in total. The number of benzene rings is 2. The Morgan fingerprint density at radius 3 is 2.56 bits per heavy atom. The average Bonchev–Trinajstić information content (AvgIpc) is 2.67. The Balaban J connectivity index is 1.75. The molecule has 8 heteroatoms. The number of hydrogen-bond donors (Lipinski definition) is 1. The van der Waals surface area contributed by atoms with Crippen molar-refractivity contribution in [2.75, 3.05) is 26.5 Å². The molecule has 1 N–H and O–H groups in total. The molecular formula is C19H19F2NO4S. The summed E-state index contributed by atoms with van der Waals surface area (Å²) in [6.45, 7) is 0.387. The molecule has 0 saturated carbocycles. The standard InChI is InChI=1S/C19H19F2NO4S/c1-25-16-5-6-17(26-2)19-12(16)8-22(9-15(19)23)18(24)10-27-11-3-4-13(20)14(21)7-11/h3-7,15,23H,8-10H2,1-2H3. The molecular weight excluding hydrogens is 376 g/mol. The summed E-state index contributed by atoms with van der Waals surface area (Å²) in [6.07, 6.45) is -0.906. The van der Waals surface area contributed by atoms with Crippen LogP contribution >= 0.6 is 11.8 Å². The molecule has 0 aliphatic carbocycles. The fourth-order valence-electron chi connectivity index (χ4n) is 3.07. The third kappa shape index (κ3) is 4.01. The molecule has 2 aromatic carbocycles. The predicted molar refractivity (Wildman–Crippen MR) is 97.0 cm³/mol. The Labute approximate surface area is 159 Å². The Hall–Kier alpha value is -2.32. The number of nitrogens with zero attached hydrogens (tertiary/aromatic N) is 1. The molecule has 0 bridgehead atoms. The lowest BCUT2D eigenvalue weighted by Gasteiger charge is -2.34. The van der Waals surface area contributed by atoms with Crippen molar-refractivity contribution in [3.05, 3.63) is 53.1 Å². The van der Waals surface area contributed by atoms with E-state index in [1.54, 1.807) is 12.1 Å². The van der Waals surface area contributed by atoms with E-state index in [2.05, 4.69) is 0 Å². The molecule has 1 aliphatic heterocycles. The molecule has 0 fully saturated rings. The van der Waals surface area contributed by atoms with Gasteiger partial charge >= 0.3 is 0 Å². The van der Waals surface area contributed by atoms with Crippen LogP contribution in [0.2, 0.25) is 0 Å². The van der Waals surface area contributed by atoms with Crippen molar-refractivity contribution < 1.29 is 28.2 Å². The van der Waals surface area contributed by atoms with E-state index in [4.69, 9.17) is 9.47 Å². The summed E-state index contributed by atoms with van der Waals surface area (Å²) >= 11 is 1.11. The highest BCUT2D eigenvalue weighted by atomic mass is 32.2. The number of thioether (sulfide) groups is 1. The van der Waals surface area contributed by atoms with Gasteiger partial charge in [0.25, 0.3) is 0 Å². The second kappa shape index (κ2) is 8.14. The van der Waals surface area contributed by atoms with E-state index < -0.39 is 17.7 Å². The van der Waals surface area contributed by atoms with Crippen molar-refractivity contribution in [2.45, 2.75) is 17.5 Å². The van der Waals surface area contributed by atoms with Crippen molar-refractivity contribution in [3.63, 3.8) is 0 Å². The first-order valence-electron chi connectivity index (χ1n) is 8.22. The van der Waals surface area contributed by atoms with E-state index in [1.165, 1.54) is 25.2 Å². The second-order valence-electron chi connectivity index (χ2n) is 6.02. The zero-order valence-electron chi connectivity index (χ0n) is 14.9. The van der Waals surface area contributed by atoms with Gasteiger partial charge in [-0.3, -0.25) is 4.79 Å². The number of ether oxygens (including phenoxy) is 2. The largest absolute Gasteiger partial charge is 0.496 e. The summed E-state index contributed by atoms with van der Waals surface area (Å²) in [7, 11) is 3.04. The van der Waals surface area contributed by atoms with Crippen LogP contribution in [0.15, 0.2) is 35.2 Å². The smallest absolute Gasteiger partial charge is 0.233 e. The molecule has 1 atom stereocenters. The Morgan fingerprint density at radius 1 is 1.19 bits per heavy atom. The summed E-state index contributed by atoms with van der Waals surface area (Å²) in [4.78, 5) is 14.6. The van der Waals surface area contributed by atoms with E-state index in [9.17, 15) is 18.7 Å². The summed E-state index contributed by atoms with van der Waals surface area (Å²) in [5.41, 5.74) is 1.32. The zero-order chi connectivity index (χ0) is 19.6. The molecule has 3 rings (SSSR count). The molecule has 27 heavy (non-hydrogen) atoms. The minimum absolute atomic E-state index is 0.0411. The molecule has 0 spiro atoms. The van der Waals surface area contributed by atoms with Crippen LogP contribution in [0.3, 0.4) is 0 Å². The van der Waals surface area contributed by atoms with E-state index in [0.717, 1.165) is 23.9 Å². The van der Waals surface area contributed by atoms with Gasteiger partial charge in [-0.05, 0) is 30.3 Å². The summed E-state index contributed by atoms with van der Waals surface area (Å²) in [5.74, 6) is -0.954. The topological polar surface area (TPSA) is 59.0 Å². The van der Waals surface area contributed by atoms with Gasteiger partial charge in [-0.25, -0.2) is 8.78 Å². The maximum atomic E-state index is 13.3.